The number of rotatable bonds is 4. The van der Waals surface area contributed by atoms with E-state index in [0.29, 0.717) is 17.9 Å². The number of hydrogen-bond donors (Lipinski definition) is 0. The molecule has 0 radical (unpaired) electrons. The molecular formula is C20H25O3S-. The summed E-state index contributed by atoms with van der Waals surface area (Å²) in [7, 11) is -4.51. The van der Waals surface area contributed by atoms with Crippen molar-refractivity contribution in [2.45, 2.75) is 56.6 Å². The third-order valence-corrected chi connectivity index (χ3v) is 7.01. The fourth-order valence-electron chi connectivity index (χ4n) is 4.10. The van der Waals surface area contributed by atoms with Gasteiger partial charge in [0.25, 0.3) is 0 Å². The van der Waals surface area contributed by atoms with Crippen molar-refractivity contribution in [3.8, 4) is 0 Å². The van der Waals surface area contributed by atoms with Gasteiger partial charge in [-0.15, -0.1) is 0 Å². The summed E-state index contributed by atoms with van der Waals surface area (Å²) in [6, 6.07) is 8.92. The minimum Gasteiger partial charge on any atom is -0.747 e. The molecule has 3 nitrogen and oxygen atoms in total. The Morgan fingerprint density at radius 2 is 1.79 bits per heavy atom. The zero-order chi connectivity index (χ0) is 17.2. The Bertz CT molecular complexity index is 740. The van der Waals surface area contributed by atoms with Gasteiger partial charge in [-0.25, -0.2) is 8.42 Å². The van der Waals surface area contributed by atoms with Crippen LogP contribution in [0.2, 0.25) is 0 Å². The molecule has 4 heteroatoms. The van der Waals surface area contributed by atoms with Crippen LogP contribution in [-0.2, 0) is 14.9 Å². The summed E-state index contributed by atoms with van der Waals surface area (Å²) in [5, 5.41) is 0. The average molecular weight is 345 g/mol. The number of allylic oxidation sites excluding steroid dienone is 3. The lowest BCUT2D eigenvalue weighted by atomic mass is 9.78. The number of benzene rings is 1. The molecule has 1 aromatic rings. The number of hydrogen-bond acceptors (Lipinski definition) is 3. The van der Waals surface area contributed by atoms with Gasteiger partial charge < -0.3 is 4.55 Å². The van der Waals surface area contributed by atoms with Crippen LogP contribution in [0.5, 0.6) is 0 Å². The first-order valence-electron chi connectivity index (χ1n) is 8.81. The van der Waals surface area contributed by atoms with Gasteiger partial charge in [-0.05, 0) is 31.2 Å². The van der Waals surface area contributed by atoms with E-state index in [-0.39, 0.29) is 0 Å². The molecule has 0 bridgehead atoms. The van der Waals surface area contributed by atoms with Crippen LogP contribution >= 0.6 is 0 Å². The molecule has 1 atom stereocenters. The Morgan fingerprint density at radius 1 is 1.12 bits per heavy atom. The molecule has 0 amide bonds. The van der Waals surface area contributed by atoms with Gasteiger partial charge >= 0.3 is 0 Å². The Kier molecular flexibility index (Phi) is 4.97. The molecule has 2 aliphatic carbocycles. The van der Waals surface area contributed by atoms with Crippen molar-refractivity contribution in [1.82, 2.24) is 0 Å². The third kappa shape index (κ3) is 3.35. The van der Waals surface area contributed by atoms with Crippen LogP contribution in [0, 0.1) is 5.92 Å². The minimum absolute atomic E-state index is 0.293. The first-order chi connectivity index (χ1) is 11.4. The molecule has 0 aromatic heterocycles. The third-order valence-electron chi connectivity index (χ3n) is 5.60. The highest BCUT2D eigenvalue weighted by Gasteiger charge is 2.40. The van der Waals surface area contributed by atoms with Crippen molar-refractivity contribution in [2.24, 2.45) is 5.92 Å². The van der Waals surface area contributed by atoms with Crippen LogP contribution in [0.3, 0.4) is 0 Å². The molecule has 0 saturated heterocycles. The molecule has 130 valence electrons. The van der Waals surface area contributed by atoms with Crippen molar-refractivity contribution < 1.29 is 13.0 Å². The standard InChI is InChI=1S/C20H26O3S/c1-16-12-13-20(24(21,22)23,19-10-6-3-7-11-19)15-18(16)14-17-8-4-2-5-9-17/h3,6-7,10-13,17H,2,4-5,8-9,14-15H2,1H3,(H,21,22,23)/p-1. The normalized spacial score (nSPS) is 25.9. The Balaban J connectivity index is 1.94. The smallest absolute Gasteiger partial charge is 0.109 e. The average Bonchev–Trinajstić information content (AvgIpc) is 2.58. The monoisotopic (exact) mass is 345 g/mol. The molecule has 1 saturated carbocycles. The first-order valence-corrected chi connectivity index (χ1v) is 10.2. The molecule has 24 heavy (non-hydrogen) atoms. The molecule has 2 aliphatic rings. The van der Waals surface area contributed by atoms with Crippen LogP contribution in [-0.4, -0.2) is 13.0 Å². The van der Waals surface area contributed by atoms with Crippen LogP contribution in [0.15, 0.2) is 53.6 Å². The van der Waals surface area contributed by atoms with E-state index in [1.165, 1.54) is 32.1 Å². The van der Waals surface area contributed by atoms with E-state index in [9.17, 15) is 13.0 Å². The predicted octanol–water partition coefficient (Wildman–Crippen LogP) is 4.67. The molecule has 0 aliphatic heterocycles. The lowest BCUT2D eigenvalue weighted by Crippen LogP contribution is -2.36. The second kappa shape index (κ2) is 6.85. The van der Waals surface area contributed by atoms with Crippen molar-refractivity contribution in [1.29, 1.82) is 0 Å². The zero-order valence-corrected chi connectivity index (χ0v) is 15.0. The SMILES string of the molecule is CC1=C(CC2CCCCC2)CC(c2ccccc2)(S(=O)(=O)[O-])C=C1. The largest absolute Gasteiger partial charge is 0.747 e. The quantitative estimate of drug-likeness (QED) is 0.745. The van der Waals surface area contributed by atoms with Gasteiger partial charge in [0.1, 0.15) is 14.9 Å². The van der Waals surface area contributed by atoms with Crippen molar-refractivity contribution in [3.05, 3.63) is 59.2 Å². The molecule has 3 rings (SSSR count). The molecule has 1 fully saturated rings. The molecular weight excluding hydrogens is 320 g/mol. The van der Waals surface area contributed by atoms with Gasteiger partial charge in [-0.3, -0.25) is 0 Å². The van der Waals surface area contributed by atoms with Gasteiger partial charge in [0.15, 0.2) is 0 Å². The predicted molar refractivity (Wildman–Crippen MR) is 95.5 cm³/mol. The van der Waals surface area contributed by atoms with Crippen molar-refractivity contribution >= 4 is 10.1 Å². The maximum Gasteiger partial charge on any atom is 0.109 e. The fraction of sp³-hybridized carbons (Fsp3) is 0.500. The Morgan fingerprint density at radius 3 is 2.42 bits per heavy atom. The zero-order valence-electron chi connectivity index (χ0n) is 14.2. The molecule has 1 aromatic carbocycles. The first kappa shape index (κ1) is 17.4. The fourth-order valence-corrected chi connectivity index (χ4v) is 5.11. The highest BCUT2D eigenvalue weighted by molar-refractivity contribution is 7.86. The summed E-state index contributed by atoms with van der Waals surface area (Å²) < 4.78 is 35.2. The highest BCUT2D eigenvalue weighted by Crippen LogP contribution is 2.44. The van der Waals surface area contributed by atoms with Crippen molar-refractivity contribution in [3.63, 3.8) is 0 Å². The van der Waals surface area contributed by atoms with Crippen LogP contribution in [0.4, 0.5) is 0 Å². The van der Waals surface area contributed by atoms with E-state index in [1.54, 1.807) is 30.3 Å². The van der Waals surface area contributed by atoms with E-state index in [1.807, 2.05) is 19.1 Å². The van der Waals surface area contributed by atoms with Crippen LogP contribution in [0.25, 0.3) is 0 Å². The van der Waals surface area contributed by atoms with Crippen LogP contribution < -0.4 is 0 Å². The van der Waals surface area contributed by atoms with Gasteiger partial charge in [0, 0.05) is 0 Å². The Hall–Kier alpha value is -1.39. The lowest BCUT2D eigenvalue weighted by molar-refractivity contribution is 0.349. The molecule has 0 spiro atoms. The van der Waals surface area contributed by atoms with Gasteiger partial charge in [0.2, 0.25) is 0 Å². The van der Waals surface area contributed by atoms with Gasteiger partial charge in [0.05, 0.1) is 0 Å². The van der Waals surface area contributed by atoms with Crippen LogP contribution in [0.1, 0.15) is 57.4 Å². The summed E-state index contributed by atoms with van der Waals surface area (Å²) in [6.07, 6.45) is 10.9. The minimum atomic E-state index is -4.51. The van der Waals surface area contributed by atoms with Gasteiger partial charge in [-0.1, -0.05) is 85.7 Å². The summed E-state index contributed by atoms with van der Waals surface area (Å²) in [6.45, 7) is 2.03. The molecule has 0 N–H and O–H groups in total. The lowest BCUT2D eigenvalue weighted by Gasteiger charge is -2.38. The molecule has 1 unspecified atom stereocenters. The Labute approximate surface area is 145 Å². The van der Waals surface area contributed by atoms with E-state index in [0.717, 1.165) is 17.6 Å². The summed E-state index contributed by atoms with van der Waals surface area (Å²) in [5.74, 6) is 0.623. The maximum absolute atomic E-state index is 12.2. The second-order valence-corrected chi connectivity index (χ2v) is 8.85. The summed E-state index contributed by atoms with van der Waals surface area (Å²) >= 11 is 0. The van der Waals surface area contributed by atoms with Gasteiger partial charge in [-0.2, -0.15) is 0 Å². The molecule has 0 heterocycles. The van der Waals surface area contributed by atoms with E-state index in [2.05, 4.69) is 0 Å². The maximum atomic E-state index is 12.2. The summed E-state index contributed by atoms with van der Waals surface area (Å²) in [4.78, 5) is 0. The highest BCUT2D eigenvalue weighted by atomic mass is 32.2. The van der Waals surface area contributed by atoms with E-state index >= 15 is 0 Å². The topological polar surface area (TPSA) is 57.2 Å². The van der Waals surface area contributed by atoms with E-state index in [4.69, 9.17) is 0 Å². The summed E-state index contributed by atoms with van der Waals surface area (Å²) in [5.41, 5.74) is 2.83. The second-order valence-electron chi connectivity index (χ2n) is 7.21. The van der Waals surface area contributed by atoms with Crippen molar-refractivity contribution in [2.75, 3.05) is 0 Å². The van der Waals surface area contributed by atoms with E-state index < -0.39 is 14.9 Å².